The number of phenols is 1. The predicted molar refractivity (Wildman–Crippen MR) is 63.5 cm³/mol. The number of aromatic hydroxyl groups is 1. The highest BCUT2D eigenvalue weighted by Crippen LogP contribution is 2.20. The Labute approximate surface area is 93.0 Å². The fourth-order valence-electron chi connectivity index (χ4n) is 1.30. The first kappa shape index (κ1) is 12.2. The van der Waals surface area contributed by atoms with E-state index in [1.165, 1.54) is 0 Å². The quantitative estimate of drug-likeness (QED) is 0.742. The molecule has 1 unspecified atom stereocenters. The van der Waals surface area contributed by atoms with E-state index in [1.807, 2.05) is 25.1 Å². The third-order valence-corrected chi connectivity index (χ3v) is 2.98. The largest absolute Gasteiger partial charge is 0.507 e. The Kier molecular flexibility index (Phi) is 4.78. The van der Waals surface area contributed by atoms with Crippen molar-refractivity contribution in [2.75, 3.05) is 18.6 Å². The molecule has 0 bridgehead atoms. The van der Waals surface area contributed by atoms with Crippen LogP contribution in [0.3, 0.4) is 0 Å². The van der Waals surface area contributed by atoms with Gasteiger partial charge in [-0.3, -0.25) is 4.21 Å². The topological polar surface area (TPSA) is 49.3 Å². The molecule has 0 saturated carbocycles. The molecule has 3 nitrogen and oxygen atoms in total. The zero-order valence-corrected chi connectivity index (χ0v) is 9.93. The Morgan fingerprint density at radius 3 is 2.87 bits per heavy atom. The second kappa shape index (κ2) is 5.88. The highest BCUT2D eigenvalue weighted by atomic mass is 32.2. The molecule has 0 aliphatic heterocycles. The SMILES string of the molecule is Cc1cccc(CNCCS(C)=O)c1O. The summed E-state index contributed by atoms with van der Waals surface area (Å²) in [5.41, 5.74) is 1.77. The maximum Gasteiger partial charge on any atom is 0.122 e. The second-order valence-electron chi connectivity index (χ2n) is 3.54. The van der Waals surface area contributed by atoms with Crippen LogP contribution in [0.1, 0.15) is 11.1 Å². The summed E-state index contributed by atoms with van der Waals surface area (Å²) in [6.07, 6.45) is 1.69. The lowest BCUT2D eigenvalue weighted by atomic mass is 10.1. The summed E-state index contributed by atoms with van der Waals surface area (Å²) in [7, 11) is -0.758. The maximum absolute atomic E-state index is 10.8. The van der Waals surface area contributed by atoms with Crippen molar-refractivity contribution in [3.63, 3.8) is 0 Å². The van der Waals surface area contributed by atoms with Gasteiger partial charge in [0.05, 0.1) is 0 Å². The van der Waals surface area contributed by atoms with Crippen LogP contribution < -0.4 is 5.32 Å². The molecule has 0 radical (unpaired) electrons. The van der Waals surface area contributed by atoms with E-state index in [0.29, 0.717) is 24.6 Å². The smallest absolute Gasteiger partial charge is 0.122 e. The molecule has 0 heterocycles. The Balaban J connectivity index is 2.44. The van der Waals surface area contributed by atoms with Crippen molar-refractivity contribution >= 4 is 10.8 Å². The first-order valence-corrected chi connectivity index (χ1v) is 6.62. The number of hydrogen-bond acceptors (Lipinski definition) is 3. The molecule has 0 fully saturated rings. The molecule has 2 N–H and O–H groups in total. The van der Waals surface area contributed by atoms with Gasteiger partial charge in [-0.2, -0.15) is 0 Å². The summed E-state index contributed by atoms with van der Waals surface area (Å²) in [5, 5.41) is 12.9. The highest BCUT2D eigenvalue weighted by molar-refractivity contribution is 7.84. The summed E-state index contributed by atoms with van der Waals surface area (Å²) >= 11 is 0. The van der Waals surface area contributed by atoms with Crippen LogP contribution in [0.4, 0.5) is 0 Å². The Morgan fingerprint density at radius 2 is 2.20 bits per heavy atom. The van der Waals surface area contributed by atoms with Crippen molar-refractivity contribution in [2.24, 2.45) is 0 Å². The lowest BCUT2D eigenvalue weighted by Crippen LogP contribution is -2.19. The molecular weight excluding hydrogens is 210 g/mol. The highest BCUT2D eigenvalue weighted by Gasteiger charge is 2.02. The lowest BCUT2D eigenvalue weighted by molar-refractivity contribution is 0.461. The number of benzene rings is 1. The van der Waals surface area contributed by atoms with Crippen molar-refractivity contribution in [2.45, 2.75) is 13.5 Å². The van der Waals surface area contributed by atoms with Crippen molar-refractivity contribution in [1.29, 1.82) is 0 Å². The van der Waals surface area contributed by atoms with E-state index in [1.54, 1.807) is 6.26 Å². The summed E-state index contributed by atoms with van der Waals surface area (Å²) in [6.45, 7) is 3.20. The van der Waals surface area contributed by atoms with Crippen molar-refractivity contribution in [1.82, 2.24) is 5.32 Å². The van der Waals surface area contributed by atoms with Gasteiger partial charge in [0.1, 0.15) is 5.75 Å². The fourth-order valence-corrected chi connectivity index (χ4v) is 1.73. The molecule has 84 valence electrons. The first-order valence-electron chi connectivity index (χ1n) is 4.89. The normalized spacial score (nSPS) is 12.7. The first-order chi connectivity index (χ1) is 7.11. The van der Waals surface area contributed by atoms with Crippen LogP contribution in [0.2, 0.25) is 0 Å². The minimum Gasteiger partial charge on any atom is -0.507 e. The van der Waals surface area contributed by atoms with Gasteiger partial charge in [0, 0.05) is 41.5 Å². The molecule has 1 aromatic carbocycles. The van der Waals surface area contributed by atoms with Crippen LogP contribution in [0.25, 0.3) is 0 Å². The van der Waals surface area contributed by atoms with Crippen LogP contribution >= 0.6 is 0 Å². The predicted octanol–water partition coefficient (Wildman–Crippen LogP) is 1.17. The van der Waals surface area contributed by atoms with Gasteiger partial charge in [-0.1, -0.05) is 18.2 Å². The van der Waals surface area contributed by atoms with E-state index in [2.05, 4.69) is 5.32 Å². The van der Waals surface area contributed by atoms with Crippen LogP contribution in [0.15, 0.2) is 18.2 Å². The minimum atomic E-state index is -0.758. The van der Waals surface area contributed by atoms with Crippen molar-refractivity contribution in [3.05, 3.63) is 29.3 Å². The van der Waals surface area contributed by atoms with E-state index in [9.17, 15) is 9.32 Å². The number of nitrogens with one attached hydrogen (secondary N) is 1. The molecule has 1 atom stereocenters. The third-order valence-electron chi connectivity index (χ3n) is 2.20. The van der Waals surface area contributed by atoms with Gasteiger partial charge in [-0.25, -0.2) is 0 Å². The monoisotopic (exact) mass is 227 g/mol. The van der Waals surface area contributed by atoms with Crippen LogP contribution in [0.5, 0.6) is 5.75 Å². The molecule has 1 aromatic rings. The molecule has 0 aromatic heterocycles. The van der Waals surface area contributed by atoms with Crippen LogP contribution in [-0.4, -0.2) is 27.9 Å². The number of hydrogen-bond donors (Lipinski definition) is 2. The standard InChI is InChI=1S/C11H17NO2S/c1-9-4-3-5-10(11(9)13)8-12-6-7-15(2)14/h3-5,12-13H,6-8H2,1-2H3. The molecule has 4 heteroatoms. The van der Waals surface area contributed by atoms with Gasteiger partial charge in [0.2, 0.25) is 0 Å². The number of para-hydroxylation sites is 1. The van der Waals surface area contributed by atoms with Gasteiger partial charge in [-0.15, -0.1) is 0 Å². The number of phenolic OH excluding ortho intramolecular Hbond substituents is 1. The second-order valence-corrected chi connectivity index (χ2v) is 5.09. The summed E-state index contributed by atoms with van der Waals surface area (Å²) in [5.74, 6) is 0.995. The van der Waals surface area contributed by atoms with Gasteiger partial charge in [0.25, 0.3) is 0 Å². The zero-order valence-electron chi connectivity index (χ0n) is 9.12. The Bertz CT molecular complexity index is 352. The maximum atomic E-state index is 10.8. The van der Waals surface area contributed by atoms with Crippen LogP contribution in [0, 0.1) is 6.92 Å². The van der Waals surface area contributed by atoms with E-state index in [-0.39, 0.29) is 0 Å². The van der Waals surface area contributed by atoms with Crippen molar-refractivity contribution in [3.8, 4) is 5.75 Å². The van der Waals surface area contributed by atoms with E-state index >= 15 is 0 Å². The molecule has 0 aliphatic carbocycles. The number of rotatable bonds is 5. The third kappa shape index (κ3) is 4.01. The molecule has 0 spiro atoms. The average Bonchev–Trinajstić information content (AvgIpc) is 2.18. The molecule has 0 aliphatic rings. The minimum absolute atomic E-state index is 0.350. The van der Waals surface area contributed by atoms with E-state index < -0.39 is 10.8 Å². The Morgan fingerprint density at radius 1 is 1.47 bits per heavy atom. The fraction of sp³-hybridized carbons (Fsp3) is 0.455. The molecule has 0 saturated heterocycles. The zero-order chi connectivity index (χ0) is 11.3. The molecular formula is C11H17NO2S. The average molecular weight is 227 g/mol. The van der Waals surface area contributed by atoms with Gasteiger partial charge in [0.15, 0.2) is 0 Å². The lowest BCUT2D eigenvalue weighted by Gasteiger charge is -2.07. The molecule has 0 amide bonds. The van der Waals surface area contributed by atoms with Crippen molar-refractivity contribution < 1.29 is 9.32 Å². The van der Waals surface area contributed by atoms with Crippen LogP contribution in [-0.2, 0) is 17.3 Å². The van der Waals surface area contributed by atoms with Gasteiger partial charge in [-0.05, 0) is 12.5 Å². The molecule has 15 heavy (non-hydrogen) atoms. The van der Waals surface area contributed by atoms with E-state index in [0.717, 1.165) is 11.1 Å². The number of aryl methyl sites for hydroxylation is 1. The van der Waals surface area contributed by atoms with Gasteiger partial charge < -0.3 is 10.4 Å². The summed E-state index contributed by atoms with van der Waals surface area (Å²) in [6, 6.07) is 5.68. The summed E-state index contributed by atoms with van der Waals surface area (Å²) < 4.78 is 10.8. The van der Waals surface area contributed by atoms with E-state index in [4.69, 9.17) is 0 Å². The summed E-state index contributed by atoms with van der Waals surface area (Å²) in [4.78, 5) is 0. The molecule has 1 rings (SSSR count). The van der Waals surface area contributed by atoms with Gasteiger partial charge >= 0.3 is 0 Å². The Hall–Kier alpha value is -0.870.